The molecule has 0 radical (unpaired) electrons. The summed E-state index contributed by atoms with van der Waals surface area (Å²) in [5, 5.41) is 5.43. The molecule has 1 unspecified atom stereocenters. The fourth-order valence-corrected chi connectivity index (χ4v) is 4.44. The second kappa shape index (κ2) is 7.78. The number of nitrogens with zero attached hydrogens (tertiary/aromatic N) is 4. The average Bonchev–Trinajstić information content (AvgIpc) is 3.52. The van der Waals surface area contributed by atoms with Crippen LogP contribution in [0.2, 0.25) is 0 Å². The summed E-state index contributed by atoms with van der Waals surface area (Å²) in [5.41, 5.74) is 5.39. The maximum absolute atomic E-state index is 13.0. The molecular formula is C24H25N5O. The molecule has 1 aliphatic rings. The van der Waals surface area contributed by atoms with Crippen molar-refractivity contribution < 1.29 is 4.79 Å². The molecule has 6 heteroatoms. The first-order valence-electron chi connectivity index (χ1n) is 10.5. The minimum absolute atomic E-state index is 0.0726. The number of para-hydroxylation sites is 1. The quantitative estimate of drug-likeness (QED) is 0.545. The van der Waals surface area contributed by atoms with Gasteiger partial charge in [-0.05, 0) is 37.0 Å². The fraction of sp³-hybridized carbons (Fsp3) is 0.292. The smallest absolute Gasteiger partial charge is 0.223 e. The van der Waals surface area contributed by atoms with Gasteiger partial charge in [0, 0.05) is 60.6 Å². The molecule has 5 rings (SSSR count). The molecule has 0 aliphatic carbocycles. The van der Waals surface area contributed by atoms with Gasteiger partial charge >= 0.3 is 0 Å². The van der Waals surface area contributed by atoms with Crippen molar-refractivity contribution in [3.63, 3.8) is 0 Å². The van der Waals surface area contributed by atoms with Gasteiger partial charge in [0.15, 0.2) is 0 Å². The molecule has 152 valence electrons. The zero-order valence-electron chi connectivity index (χ0n) is 17.1. The Morgan fingerprint density at radius 3 is 2.87 bits per heavy atom. The van der Waals surface area contributed by atoms with Gasteiger partial charge in [0.1, 0.15) is 0 Å². The summed E-state index contributed by atoms with van der Waals surface area (Å²) in [6.45, 7) is 0.809. The monoisotopic (exact) mass is 399 g/mol. The van der Waals surface area contributed by atoms with Crippen molar-refractivity contribution >= 4 is 16.8 Å². The number of carbonyl (C=O) groups is 1. The first kappa shape index (κ1) is 18.6. The van der Waals surface area contributed by atoms with Crippen LogP contribution in [0.5, 0.6) is 0 Å². The first-order valence-corrected chi connectivity index (χ1v) is 10.5. The van der Waals surface area contributed by atoms with Crippen LogP contribution in [0.1, 0.15) is 36.6 Å². The molecule has 1 N–H and O–H groups in total. The predicted octanol–water partition coefficient (Wildman–Crippen LogP) is 4.26. The maximum atomic E-state index is 13.0. The van der Waals surface area contributed by atoms with Crippen LogP contribution in [0.4, 0.5) is 0 Å². The number of aromatic amines is 1. The lowest BCUT2D eigenvalue weighted by Crippen LogP contribution is -2.31. The van der Waals surface area contributed by atoms with Crippen molar-refractivity contribution in [3.05, 3.63) is 72.4 Å². The molecule has 1 amide bonds. The number of pyridine rings is 1. The van der Waals surface area contributed by atoms with E-state index < -0.39 is 0 Å². The number of hydrogen-bond acceptors (Lipinski definition) is 3. The van der Waals surface area contributed by atoms with E-state index in [1.807, 2.05) is 48.9 Å². The number of nitrogens with one attached hydrogen (secondary N) is 1. The van der Waals surface area contributed by atoms with Crippen LogP contribution in [0, 0.1) is 0 Å². The third-order valence-electron chi connectivity index (χ3n) is 6.02. The number of carbonyl (C=O) groups excluding carboxylic acids is 1. The van der Waals surface area contributed by atoms with E-state index in [9.17, 15) is 4.79 Å². The molecule has 1 atom stereocenters. The summed E-state index contributed by atoms with van der Waals surface area (Å²) in [4.78, 5) is 23.0. The zero-order chi connectivity index (χ0) is 20.5. The van der Waals surface area contributed by atoms with E-state index in [2.05, 4.69) is 34.3 Å². The average molecular weight is 399 g/mol. The minimum Gasteiger partial charge on any atom is -0.361 e. The molecule has 0 spiro atoms. The van der Waals surface area contributed by atoms with Gasteiger partial charge in [0.05, 0.1) is 17.9 Å². The van der Waals surface area contributed by atoms with Crippen LogP contribution in [0.15, 0.2) is 61.2 Å². The van der Waals surface area contributed by atoms with E-state index >= 15 is 0 Å². The van der Waals surface area contributed by atoms with Gasteiger partial charge in [-0.15, -0.1) is 0 Å². The summed E-state index contributed by atoms with van der Waals surface area (Å²) in [6.07, 6.45) is 11.0. The zero-order valence-corrected chi connectivity index (χ0v) is 17.1. The second-order valence-corrected chi connectivity index (χ2v) is 7.98. The molecule has 0 bridgehead atoms. The van der Waals surface area contributed by atoms with E-state index in [0.717, 1.165) is 48.1 Å². The van der Waals surface area contributed by atoms with E-state index in [1.165, 1.54) is 10.9 Å². The Morgan fingerprint density at radius 1 is 1.17 bits per heavy atom. The lowest BCUT2D eigenvalue weighted by molar-refractivity contribution is -0.132. The highest BCUT2D eigenvalue weighted by Gasteiger charge is 2.30. The molecule has 4 aromatic rings. The molecule has 3 aromatic heterocycles. The third kappa shape index (κ3) is 3.49. The lowest BCUT2D eigenvalue weighted by atomic mass is 10.1. The van der Waals surface area contributed by atoms with Gasteiger partial charge in [-0.1, -0.05) is 24.3 Å². The number of amides is 1. The molecule has 0 saturated carbocycles. The van der Waals surface area contributed by atoms with Gasteiger partial charge in [-0.3, -0.25) is 14.5 Å². The summed E-state index contributed by atoms with van der Waals surface area (Å²) in [6, 6.07) is 12.4. The summed E-state index contributed by atoms with van der Waals surface area (Å²) >= 11 is 0. The van der Waals surface area contributed by atoms with Gasteiger partial charge < -0.3 is 9.88 Å². The van der Waals surface area contributed by atoms with Gasteiger partial charge in [-0.2, -0.15) is 5.10 Å². The molecule has 4 heterocycles. The lowest BCUT2D eigenvalue weighted by Gasteiger charge is -2.24. The predicted molar refractivity (Wildman–Crippen MR) is 117 cm³/mol. The van der Waals surface area contributed by atoms with Crippen molar-refractivity contribution in [3.8, 4) is 11.1 Å². The highest BCUT2D eigenvalue weighted by atomic mass is 16.2. The van der Waals surface area contributed by atoms with Gasteiger partial charge in [0.2, 0.25) is 5.91 Å². The Labute approximate surface area is 175 Å². The van der Waals surface area contributed by atoms with Crippen molar-refractivity contribution in [1.29, 1.82) is 0 Å². The number of aryl methyl sites for hydroxylation is 2. The Morgan fingerprint density at radius 2 is 2.07 bits per heavy atom. The Balaban J connectivity index is 1.28. The second-order valence-electron chi connectivity index (χ2n) is 7.98. The van der Waals surface area contributed by atoms with Crippen LogP contribution in [0.25, 0.3) is 22.0 Å². The van der Waals surface area contributed by atoms with E-state index in [1.54, 1.807) is 4.68 Å². The van der Waals surface area contributed by atoms with E-state index in [0.29, 0.717) is 6.42 Å². The molecule has 1 fully saturated rings. The third-order valence-corrected chi connectivity index (χ3v) is 6.02. The number of likely N-dealkylation sites (tertiary alicyclic amines) is 1. The van der Waals surface area contributed by atoms with Gasteiger partial charge in [-0.25, -0.2) is 0 Å². The number of H-pyrrole nitrogens is 1. The topological polar surface area (TPSA) is 66.8 Å². The number of benzene rings is 1. The van der Waals surface area contributed by atoms with Crippen LogP contribution >= 0.6 is 0 Å². The highest BCUT2D eigenvalue weighted by Crippen LogP contribution is 2.32. The number of aromatic nitrogens is 4. The maximum Gasteiger partial charge on any atom is 0.223 e. The van der Waals surface area contributed by atoms with Crippen LogP contribution in [-0.4, -0.2) is 37.1 Å². The van der Waals surface area contributed by atoms with Gasteiger partial charge in [0.25, 0.3) is 0 Å². The molecular weight excluding hydrogens is 374 g/mol. The van der Waals surface area contributed by atoms with Crippen LogP contribution < -0.4 is 0 Å². The normalized spacial score (nSPS) is 16.4. The largest absolute Gasteiger partial charge is 0.361 e. The Bertz CT molecular complexity index is 1170. The first-order chi connectivity index (χ1) is 14.7. The molecule has 1 aromatic carbocycles. The van der Waals surface area contributed by atoms with Crippen molar-refractivity contribution in [2.45, 2.75) is 31.7 Å². The number of rotatable bonds is 5. The molecule has 1 aliphatic heterocycles. The molecule has 6 nitrogen and oxygen atoms in total. The van der Waals surface area contributed by atoms with E-state index in [4.69, 9.17) is 4.98 Å². The van der Waals surface area contributed by atoms with Crippen molar-refractivity contribution in [2.75, 3.05) is 6.54 Å². The molecule has 30 heavy (non-hydrogen) atoms. The van der Waals surface area contributed by atoms with Crippen LogP contribution in [0.3, 0.4) is 0 Å². The Hall–Kier alpha value is -3.41. The summed E-state index contributed by atoms with van der Waals surface area (Å²) < 4.78 is 1.79. The van der Waals surface area contributed by atoms with Crippen molar-refractivity contribution in [1.82, 2.24) is 24.6 Å². The summed E-state index contributed by atoms with van der Waals surface area (Å²) in [7, 11) is 1.91. The van der Waals surface area contributed by atoms with Crippen molar-refractivity contribution in [2.24, 2.45) is 7.05 Å². The van der Waals surface area contributed by atoms with Crippen LogP contribution in [-0.2, 0) is 18.3 Å². The Kier molecular flexibility index (Phi) is 4.83. The SMILES string of the molecule is Cn1cc(-c2ccc(C3CCCN3C(=O)CCc3c[nH]c4ccccc34)nc2)cn1. The van der Waals surface area contributed by atoms with E-state index in [-0.39, 0.29) is 11.9 Å². The number of hydrogen-bond donors (Lipinski definition) is 1. The summed E-state index contributed by atoms with van der Waals surface area (Å²) in [5.74, 6) is 0.209. The standard InChI is InChI=1S/C24H25N5O/c1-28-16-19(15-27-28)17-8-10-22(26-13-17)23-7-4-12-29(23)24(30)11-9-18-14-25-21-6-3-2-5-20(18)21/h2-3,5-6,8,10,13-16,23,25H,4,7,9,11-12H2,1H3. The fourth-order valence-electron chi connectivity index (χ4n) is 4.44. The highest BCUT2D eigenvalue weighted by molar-refractivity contribution is 5.84. The minimum atomic E-state index is 0.0726. The molecule has 1 saturated heterocycles. The number of fused-ring (bicyclic) bond motifs is 1.